The van der Waals surface area contributed by atoms with E-state index in [4.69, 9.17) is 9.26 Å². The Morgan fingerprint density at radius 1 is 1.19 bits per heavy atom. The lowest BCUT2D eigenvalue weighted by Crippen LogP contribution is -2.08. The Kier molecular flexibility index (Phi) is 5.16. The molecule has 7 heteroatoms. The number of ether oxygens (including phenoxy) is 1. The van der Waals surface area contributed by atoms with E-state index in [-0.39, 0.29) is 12.3 Å². The molecule has 1 aliphatic carbocycles. The topological polar surface area (TPSA) is 90.4 Å². The summed E-state index contributed by atoms with van der Waals surface area (Å²) in [7, 11) is 0. The van der Waals surface area contributed by atoms with Crippen LogP contribution in [0.1, 0.15) is 42.0 Å². The number of carboxylic acids is 1. The molecule has 1 N–H and O–H groups in total. The van der Waals surface area contributed by atoms with Crippen molar-refractivity contribution in [1.29, 1.82) is 0 Å². The summed E-state index contributed by atoms with van der Waals surface area (Å²) in [5, 5.41) is 18.8. The second-order valence-electron chi connectivity index (χ2n) is 8.10. The van der Waals surface area contributed by atoms with Crippen molar-refractivity contribution in [3.05, 3.63) is 77.8 Å². The summed E-state index contributed by atoms with van der Waals surface area (Å²) in [5.41, 5.74) is 3.69. The summed E-state index contributed by atoms with van der Waals surface area (Å²) < 4.78 is 13.0. The molecule has 1 aliphatic rings. The summed E-state index contributed by atoms with van der Waals surface area (Å²) >= 11 is 0. The largest absolute Gasteiger partial charge is 0.489 e. The predicted molar refractivity (Wildman–Crippen MR) is 114 cm³/mol. The van der Waals surface area contributed by atoms with Crippen LogP contribution >= 0.6 is 0 Å². The third-order valence-corrected chi connectivity index (χ3v) is 5.72. The molecule has 4 aromatic rings. The number of benzene rings is 2. The Bertz CT molecular complexity index is 1180. The van der Waals surface area contributed by atoms with Crippen LogP contribution in [0.5, 0.6) is 5.75 Å². The van der Waals surface area contributed by atoms with Crippen molar-refractivity contribution in [2.75, 3.05) is 0 Å². The average molecular weight is 417 g/mol. The van der Waals surface area contributed by atoms with Gasteiger partial charge in [-0.25, -0.2) is 0 Å². The average Bonchev–Trinajstić information content (AvgIpc) is 3.26. The monoisotopic (exact) mass is 417 g/mol. The molecule has 7 nitrogen and oxygen atoms in total. The first-order valence-electron chi connectivity index (χ1n) is 10.4. The Labute approximate surface area is 179 Å². The fourth-order valence-electron chi connectivity index (χ4n) is 3.83. The lowest BCUT2D eigenvalue weighted by molar-refractivity contribution is -0.137. The summed E-state index contributed by atoms with van der Waals surface area (Å²) in [6.07, 6.45) is 5.91. The Morgan fingerprint density at radius 3 is 2.74 bits per heavy atom. The zero-order chi connectivity index (χ0) is 21.2. The molecule has 0 bridgehead atoms. The van der Waals surface area contributed by atoms with Crippen molar-refractivity contribution in [1.82, 2.24) is 14.9 Å². The highest BCUT2D eigenvalue weighted by atomic mass is 16.5. The van der Waals surface area contributed by atoms with E-state index < -0.39 is 5.97 Å². The molecule has 0 saturated heterocycles. The molecular formula is C24H23N3O4. The summed E-state index contributed by atoms with van der Waals surface area (Å²) in [5.74, 6) is 0.248. The molecule has 2 heterocycles. The maximum absolute atomic E-state index is 11.3. The van der Waals surface area contributed by atoms with Crippen LogP contribution in [0.4, 0.5) is 0 Å². The van der Waals surface area contributed by atoms with E-state index in [9.17, 15) is 9.90 Å². The first kappa shape index (κ1) is 19.4. The number of nitrogens with zero attached hydrogens (tertiary/aromatic N) is 3. The molecule has 0 aliphatic heterocycles. The molecule has 1 atom stereocenters. The molecule has 0 unspecified atom stereocenters. The number of carboxylic acid groups (broad SMARTS) is 1. The van der Waals surface area contributed by atoms with Crippen LogP contribution in [0.3, 0.4) is 0 Å². The van der Waals surface area contributed by atoms with Gasteiger partial charge in [0.25, 0.3) is 0 Å². The number of hydrogen-bond donors (Lipinski definition) is 1. The number of rotatable bonds is 9. The molecule has 1 saturated carbocycles. The Balaban J connectivity index is 1.28. The van der Waals surface area contributed by atoms with Gasteiger partial charge in [-0.2, -0.15) is 5.10 Å². The van der Waals surface area contributed by atoms with Crippen LogP contribution in [0, 0.1) is 5.92 Å². The van der Waals surface area contributed by atoms with E-state index in [1.807, 2.05) is 30.5 Å². The molecule has 31 heavy (non-hydrogen) atoms. The van der Waals surface area contributed by atoms with Gasteiger partial charge in [0.1, 0.15) is 18.6 Å². The normalized spacial score (nSPS) is 14.6. The fourth-order valence-corrected chi connectivity index (χ4v) is 3.83. The van der Waals surface area contributed by atoms with E-state index in [1.165, 1.54) is 19.1 Å². The molecule has 2 aromatic heterocycles. The predicted octanol–water partition coefficient (Wildman–Crippen LogP) is 4.62. The van der Waals surface area contributed by atoms with Gasteiger partial charge in [-0.15, -0.1) is 0 Å². The van der Waals surface area contributed by atoms with Crippen LogP contribution in [0.15, 0.2) is 65.5 Å². The molecule has 0 spiro atoms. The smallest absolute Gasteiger partial charge is 0.304 e. The molecule has 2 aromatic carbocycles. The highest BCUT2D eigenvalue weighted by Gasteiger charge is 2.23. The molecule has 1 fully saturated rings. The Hall–Kier alpha value is -3.61. The molecule has 5 rings (SSSR count). The number of aliphatic carboxylic acids is 1. The van der Waals surface area contributed by atoms with E-state index in [2.05, 4.69) is 33.1 Å². The number of aromatic nitrogens is 3. The third kappa shape index (κ3) is 4.45. The van der Waals surface area contributed by atoms with Gasteiger partial charge in [0.15, 0.2) is 0 Å². The van der Waals surface area contributed by atoms with Crippen LogP contribution in [0.2, 0.25) is 0 Å². The molecule has 158 valence electrons. The van der Waals surface area contributed by atoms with Crippen molar-refractivity contribution < 1.29 is 19.2 Å². The Morgan fingerprint density at radius 2 is 2.03 bits per heavy atom. The zero-order valence-corrected chi connectivity index (χ0v) is 17.0. The minimum atomic E-state index is -0.885. The quantitative estimate of drug-likeness (QED) is 0.427. The lowest BCUT2D eigenvalue weighted by atomic mass is 9.92. The fraction of sp³-hybridized carbons (Fsp3) is 0.292. The first-order valence-corrected chi connectivity index (χ1v) is 10.4. The van der Waals surface area contributed by atoms with Gasteiger partial charge >= 0.3 is 5.97 Å². The standard InChI is InChI=1S/C24H23N3O4/c28-24(29)12-21(22-9-10-31-26-22)18-5-7-20(8-6-18)30-15-17-3-4-19-13-25-27(23(19)11-17)14-16-1-2-16/h3-11,13,16,21H,1-2,12,14-15H2,(H,28,29)/t21-/m0/s1. The van der Waals surface area contributed by atoms with Gasteiger partial charge in [-0.05, 0) is 48.1 Å². The number of fused-ring (bicyclic) bond motifs is 1. The van der Waals surface area contributed by atoms with Crippen LogP contribution in [-0.4, -0.2) is 26.0 Å². The maximum atomic E-state index is 11.3. The van der Waals surface area contributed by atoms with Gasteiger partial charge in [0.2, 0.25) is 0 Å². The van der Waals surface area contributed by atoms with Gasteiger partial charge in [0.05, 0.1) is 23.8 Å². The minimum absolute atomic E-state index is 0.0543. The van der Waals surface area contributed by atoms with E-state index in [0.29, 0.717) is 12.3 Å². The zero-order valence-electron chi connectivity index (χ0n) is 17.0. The van der Waals surface area contributed by atoms with E-state index in [1.54, 1.807) is 6.07 Å². The van der Waals surface area contributed by atoms with Gasteiger partial charge in [-0.3, -0.25) is 9.48 Å². The van der Waals surface area contributed by atoms with E-state index in [0.717, 1.165) is 40.2 Å². The van der Waals surface area contributed by atoms with E-state index >= 15 is 0 Å². The summed E-state index contributed by atoms with van der Waals surface area (Å²) in [4.78, 5) is 11.3. The summed E-state index contributed by atoms with van der Waals surface area (Å²) in [6, 6.07) is 15.5. The second kappa shape index (κ2) is 8.26. The number of carbonyl (C=O) groups is 1. The third-order valence-electron chi connectivity index (χ3n) is 5.72. The van der Waals surface area contributed by atoms with Crippen LogP contribution in [-0.2, 0) is 17.9 Å². The van der Waals surface area contributed by atoms with Crippen molar-refractivity contribution >= 4 is 16.9 Å². The minimum Gasteiger partial charge on any atom is -0.489 e. The summed E-state index contributed by atoms with van der Waals surface area (Å²) in [6.45, 7) is 1.43. The van der Waals surface area contributed by atoms with Crippen molar-refractivity contribution in [2.45, 2.75) is 38.3 Å². The van der Waals surface area contributed by atoms with Crippen molar-refractivity contribution in [2.24, 2.45) is 5.92 Å². The van der Waals surface area contributed by atoms with Crippen molar-refractivity contribution in [3.8, 4) is 5.75 Å². The SMILES string of the molecule is O=C(O)C[C@@H](c1ccc(OCc2ccc3cnn(CC4CC4)c3c2)cc1)c1ccon1. The molecule has 0 radical (unpaired) electrons. The maximum Gasteiger partial charge on any atom is 0.304 e. The molecule has 0 amide bonds. The second-order valence-corrected chi connectivity index (χ2v) is 8.10. The van der Waals surface area contributed by atoms with Gasteiger partial charge in [0, 0.05) is 23.9 Å². The van der Waals surface area contributed by atoms with Crippen LogP contribution in [0.25, 0.3) is 10.9 Å². The highest BCUT2D eigenvalue weighted by molar-refractivity contribution is 5.79. The number of hydrogen-bond acceptors (Lipinski definition) is 5. The molecular weight excluding hydrogens is 394 g/mol. The highest BCUT2D eigenvalue weighted by Crippen LogP contribution is 2.32. The first-order chi connectivity index (χ1) is 15.2. The van der Waals surface area contributed by atoms with Gasteiger partial charge in [-0.1, -0.05) is 29.4 Å². The lowest BCUT2D eigenvalue weighted by Gasteiger charge is -2.13. The van der Waals surface area contributed by atoms with Gasteiger partial charge < -0.3 is 14.4 Å². The van der Waals surface area contributed by atoms with Crippen LogP contribution < -0.4 is 4.74 Å². The van der Waals surface area contributed by atoms with Crippen molar-refractivity contribution in [3.63, 3.8) is 0 Å².